The van der Waals surface area contributed by atoms with Gasteiger partial charge in [-0.1, -0.05) is 311 Å². The van der Waals surface area contributed by atoms with Crippen LogP contribution in [0.4, 0.5) is 0 Å². The van der Waals surface area contributed by atoms with E-state index >= 15 is 0 Å². The predicted octanol–water partition coefficient (Wildman–Crippen LogP) is 23.2. The Labute approximate surface area is 545 Å². The molecule has 0 saturated carbocycles. The number of phosphoric acid groups is 1. The number of unbranched alkanes of at least 4 members (excludes halogenated alkanes) is 37. The average molecular weight is 1250 g/mol. The van der Waals surface area contributed by atoms with Gasteiger partial charge >= 0.3 is 5.97 Å². The summed E-state index contributed by atoms with van der Waals surface area (Å²) in [7, 11) is 1.17. The molecule has 0 aliphatic carbocycles. The number of carbonyl (C=O) groups excluding carboxylic acids is 2. The first-order chi connectivity index (χ1) is 42.9. The molecule has 3 unspecified atom stereocenters. The first-order valence-corrected chi connectivity index (χ1v) is 38.5. The van der Waals surface area contributed by atoms with Gasteiger partial charge in [-0.3, -0.25) is 14.2 Å². The lowest BCUT2D eigenvalue weighted by Gasteiger charge is -2.30. The number of quaternary nitrogens is 1. The van der Waals surface area contributed by atoms with Gasteiger partial charge in [-0.15, -0.1) is 0 Å². The number of amides is 1. The zero-order chi connectivity index (χ0) is 64.2. The summed E-state index contributed by atoms with van der Waals surface area (Å²) in [6, 6.07) is -0.908. The van der Waals surface area contributed by atoms with E-state index in [4.69, 9.17) is 13.8 Å². The van der Waals surface area contributed by atoms with Crippen molar-refractivity contribution < 1.29 is 37.3 Å². The van der Waals surface area contributed by atoms with Crippen LogP contribution < -0.4 is 10.2 Å². The monoisotopic (exact) mass is 1250 g/mol. The number of allylic oxidation sites excluding steroid dienone is 15. The second kappa shape index (κ2) is 66.8. The number of phosphoric ester groups is 1. The van der Waals surface area contributed by atoms with Crippen LogP contribution in [0.3, 0.4) is 0 Å². The maximum absolute atomic E-state index is 13.6. The van der Waals surface area contributed by atoms with Crippen molar-refractivity contribution in [3.8, 4) is 0 Å². The van der Waals surface area contributed by atoms with Crippen molar-refractivity contribution in [2.75, 3.05) is 40.9 Å². The van der Waals surface area contributed by atoms with Crippen LogP contribution in [0.25, 0.3) is 0 Å². The molecule has 1 amide bonds. The van der Waals surface area contributed by atoms with Crippen LogP contribution in [0, 0.1) is 0 Å². The number of rotatable bonds is 67. The van der Waals surface area contributed by atoms with Gasteiger partial charge in [-0.2, -0.15) is 0 Å². The highest BCUT2D eigenvalue weighted by molar-refractivity contribution is 7.45. The molecule has 0 radical (unpaired) electrons. The molecule has 1 N–H and O–H groups in total. The topological polar surface area (TPSA) is 114 Å². The fourth-order valence-corrected chi connectivity index (χ4v) is 11.3. The van der Waals surface area contributed by atoms with Crippen molar-refractivity contribution in [1.29, 1.82) is 0 Å². The van der Waals surface area contributed by atoms with Gasteiger partial charge in [0.2, 0.25) is 5.91 Å². The molecule has 0 fully saturated rings. The van der Waals surface area contributed by atoms with Gasteiger partial charge in [-0.05, 0) is 109 Å². The van der Waals surface area contributed by atoms with Gasteiger partial charge in [0, 0.05) is 12.8 Å². The largest absolute Gasteiger partial charge is 0.756 e. The molecule has 3 atom stereocenters. The minimum atomic E-state index is -4.72. The Morgan fingerprint density at radius 3 is 1.10 bits per heavy atom. The van der Waals surface area contributed by atoms with Crippen molar-refractivity contribution in [2.45, 2.75) is 348 Å². The normalized spacial score (nSPS) is 14.0. The summed E-state index contributed by atoms with van der Waals surface area (Å²) < 4.78 is 30.5. The number of likely N-dealkylation sites (N-methyl/N-ethyl adjacent to an activating group) is 1. The van der Waals surface area contributed by atoms with Gasteiger partial charge in [-0.25, -0.2) is 0 Å². The van der Waals surface area contributed by atoms with Gasteiger partial charge in [0.25, 0.3) is 7.82 Å². The molecule has 9 nitrogen and oxygen atoms in total. The number of hydrogen-bond donors (Lipinski definition) is 1. The third-order valence-electron chi connectivity index (χ3n) is 16.2. The first-order valence-electron chi connectivity index (χ1n) is 37.0. The van der Waals surface area contributed by atoms with Crippen molar-refractivity contribution >= 4 is 19.7 Å². The van der Waals surface area contributed by atoms with E-state index in [2.05, 4.69) is 111 Å². The molecule has 0 bridgehead atoms. The van der Waals surface area contributed by atoms with Crippen molar-refractivity contribution in [1.82, 2.24) is 5.32 Å². The smallest absolute Gasteiger partial charge is 0.306 e. The first kappa shape index (κ1) is 84.9. The van der Waals surface area contributed by atoms with Crippen LogP contribution in [-0.2, 0) is 27.9 Å². The number of ether oxygens (including phenoxy) is 1. The Morgan fingerprint density at radius 1 is 0.409 bits per heavy atom. The lowest BCUT2D eigenvalue weighted by molar-refractivity contribution is -0.870. The molecule has 0 aromatic heterocycles. The molecule has 0 aromatic rings. The average Bonchev–Trinajstić information content (AvgIpc) is 3.53. The van der Waals surface area contributed by atoms with E-state index in [1.54, 1.807) is 0 Å². The zero-order valence-electron chi connectivity index (χ0n) is 58.4. The molecule has 0 aliphatic heterocycles. The Bertz CT molecular complexity index is 1830. The number of nitrogens with zero attached hydrogens (tertiary/aromatic N) is 1. The summed E-state index contributed by atoms with van der Waals surface area (Å²) in [6.45, 7) is 6.73. The highest BCUT2D eigenvalue weighted by atomic mass is 31.2. The van der Waals surface area contributed by atoms with Crippen LogP contribution in [0.2, 0.25) is 0 Å². The lowest BCUT2D eigenvalue weighted by atomic mass is 10.0. The summed E-state index contributed by atoms with van der Waals surface area (Å²) in [4.78, 5) is 40.2. The quantitative estimate of drug-likeness (QED) is 0.0212. The summed E-state index contributed by atoms with van der Waals surface area (Å²) in [5.74, 6) is -0.563. The van der Waals surface area contributed by atoms with E-state index in [0.717, 1.165) is 103 Å². The van der Waals surface area contributed by atoms with Crippen LogP contribution in [0.15, 0.2) is 97.2 Å². The zero-order valence-corrected chi connectivity index (χ0v) is 59.3. The van der Waals surface area contributed by atoms with Gasteiger partial charge in [0.15, 0.2) is 0 Å². The van der Waals surface area contributed by atoms with Crippen LogP contribution >= 0.6 is 7.82 Å². The SMILES string of the molecule is CC/C=C\C/C=C\C/C=C\C/C=C\C/C=C\C/C=C\CCCCCCC(=O)NC(COP(=O)([O-])OCC[N+](C)(C)C)C(/C=C/CCCCCCCCCCCC)OC(=O)CCCCCCCCCCCCCCCCCCC/C=C/CCCCCCCC. The molecular weight excluding hydrogens is 1110 g/mol. The number of carbonyl (C=O) groups is 2. The van der Waals surface area contributed by atoms with Gasteiger partial charge in [0.05, 0.1) is 33.8 Å². The fraction of sp³-hybridized carbons (Fsp3) is 0.769. The Hall–Kier alpha value is -3.07. The van der Waals surface area contributed by atoms with E-state index in [0.29, 0.717) is 17.4 Å². The van der Waals surface area contributed by atoms with E-state index < -0.39 is 26.6 Å². The molecule has 10 heteroatoms. The summed E-state index contributed by atoms with van der Waals surface area (Å²) in [6.07, 6.45) is 91.2. The third kappa shape index (κ3) is 67.3. The van der Waals surface area contributed by atoms with E-state index in [-0.39, 0.29) is 31.3 Å². The second-order valence-electron chi connectivity index (χ2n) is 26.1. The van der Waals surface area contributed by atoms with E-state index in [1.807, 2.05) is 33.3 Å². The van der Waals surface area contributed by atoms with Gasteiger partial charge < -0.3 is 28.5 Å². The van der Waals surface area contributed by atoms with E-state index in [9.17, 15) is 19.0 Å². The lowest BCUT2D eigenvalue weighted by Crippen LogP contribution is -2.47. The van der Waals surface area contributed by atoms with Crippen molar-refractivity contribution in [3.63, 3.8) is 0 Å². The highest BCUT2D eigenvalue weighted by Crippen LogP contribution is 2.38. The van der Waals surface area contributed by atoms with E-state index in [1.165, 1.54) is 193 Å². The standard InChI is InChI=1S/C78H141N2O7P/c1-7-10-13-16-19-22-25-28-30-32-34-36-38-39-40-41-43-45-47-49-51-53-56-59-62-65-68-71-78(82)87-76(69-66-63-60-57-54-27-24-21-18-15-12-9-3)75(74-86-88(83,84)85-73-72-80(4,5)6)79-77(81)70-67-64-61-58-55-52-50-48-46-44-42-37-35-33-31-29-26-23-20-17-14-11-8-2/h11,14,20,23,28-31,35,37,44,46,50,52,66,69,75-76H,7-10,12-13,15-19,21-22,24-27,32-34,36,38-43,45,47-49,51,53-65,67-68,70-74H2,1-6H3,(H-,79,81,83,84)/b14-11-,23-20-,30-28+,31-29-,37-35-,46-44-,52-50-,69-66+. The summed E-state index contributed by atoms with van der Waals surface area (Å²) >= 11 is 0. The van der Waals surface area contributed by atoms with Gasteiger partial charge in [0.1, 0.15) is 19.3 Å². The maximum Gasteiger partial charge on any atom is 0.306 e. The molecule has 0 spiro atoms. The molecule has 0 heterocycles. The van der Waals surface area contributed by atoms with Crippen LogP contribution in [0.1, 0.15) is 335 Å². The maximum atomic E-state index is 13.6. The third-order valence-corrected chi connectivity index (χ3v) is 17.2. The predicted molar refractivity (Wildman–Crippen MR) is 381 cm³/mol. The number of esters is 1. The van der Waals surface area contributed by atoms with Crippen LogP contribution in [0.5, 0.6) is 0 Å². The highest BCUT2D eigenvalue weighted by Gasteiger charge is 2.27. The Kier molecular flexibility index (Phi) is 64.5. The molecule has 0 aromatic carbocycles. The molecular formula is C78H141N2O7P. The van der Waals surface area contributed by atoms with Crippen molar-refractivity contribution in [3.05, 3.63) is 97.2 Å². The van der Waals surface area contributed by atoms with Crippen molar-refractivity contribution in [2.24, 2.45) is 0 Å². The number of nitrogens with one attached hydrogen (secondary N) is 1. The Balaban J connectivity index is 5.05. The molecule has 0 rings (SSSR count). The molecule has 510 valence electrons. The molecule has 88 heavy (non-hydrogen) atoms. The Morgan fingerprint density at radius 2 is 0.727 bits per heavy atom. The summed E-state index contributed by atoms with van der Waals surface area (Å²) in [5, 5.41) is 3.03. The minimum absolute atomic E-state index is 0.0307. The number of hydrogen-bond acceptors (Lipinski definition) is 7. The second-order valence-corrected chi connectivity index (χ2v) is 27.5. The summed E-state index contributed by atoms with van der Waals surface area (Å²) in [5.41, 5.74) is 0. The fourth-order valence-electron chi connectivity index (χ4n) is 10.6. The van der Waals surface area contributed by atoms with Crippen LogP contribution in [-0.4, -0.2) is 69.4 Å². The minimum Gasteiger partial charge on any atom is -0.756 e. The molecule has 0 saturated heterocycles. The molecule has 0 aliphatic rings.